The van der Waals surface area contributed by atoms with Crippen LogP contribution in [0.2, 0.25) is 0 Å². The third kappa shape index (κ3) is 17.4. The highest BCUT2D eigenvalue weighted by Crippen LogP contribution is 2.26. The molecule has 3 aromatic carbocycles. The molecule has 15 heteroatoms. The highest BCUT2D eigenvalue weighted by molar-refractivity contribution is 5.61. The summed E-state index contributed by atoms with van der Waals surface area (Å²) in [6.45, 7) is 8.88. The summed E-state index contributed by atoms with van der Waals surface area (Å²) in [7, 11) is 0. The fourth-order valence-electron chi connectivity index (χ4n) is 8.56. The van der Waals surface area contributed by atoms with Crippen LogP contribution in [0.4, 0.5) is 0 Å². The summed E-state index contributed by atoms with van der Waals surface area (Å²) >= 11 is 0. The summed E-state index contributed by atoms with van der Waals surface area (Å²) in [5, 5.41) is 26.8. The van der Waals surface area contributed by atoms with Crippen molar-refractivity contribution in [3.8, 4) is 68.9 Å². The fraction of sp³-hybridized carbons (Fsp3) is 0.526. The maximum Gasteiger partial charge on any atom is 0.186 e. The molecule has 0 aliphatic carbocycles. The number of unbranched alkanes of at least 4 members (excludes halogenated alkanes) is 21. The maximum absolute atomic E-state index is 6.06. The first-order valence-corrected chi connectivity index (χ1v) is 27.3. The topological polar surface area (TPSA) is 158 Å². The van der Waals surface area contributed by atoms with Gasteiger partial charge in [-0.1, -0.05) is 171 Å². The molecule has 0 spiro atoms. The molecule has 0 unspecified atom stereocenters. The molecule has 0 aliphatic heterocycles. The molecule has 7 rings (SSSR count). The Hall–Kier alpha value is -6.51. The first-order valence-electron chi connectivity index (χ1n) is 27.3. The third-order valence-corrected chi connectivity index (χ3v) is 12.9. The summed E-state index contributed by atoms with van der Waals surface area (Å²) in [5.74, 6) is 3.37. The second-order valence-corrected chi connectivity index (χ2v) is 18.9. The van der Waals surface area contributed by atoms with E-state index in [1.54, 1.807) is 32.6 Å². The van der Waals surface area contributed by atoms with Crippen molar-refractivity contribution < 1.29 is 14.2 Å². The summed E-state index contributed by atoms with van der Waals surface area (Å²) in [4.78, 5) is 14.6. The molecule has 7 aromatic rings. The van der Waals surface area contributed by atoms with Crippen LogP contribution in [0.1, 0.15) is 175 Å². The molecule has 0 radical (unpaired) electrons. The smallest absolute Gasteiger partial charge is 0.186 e. The van der Waals surface area contributed by atoms with E-state index in [0.29, 0.717) is 54.4 Å². The van der Waals surface area contributed by atoms with Crippen molar-refractivity contribution in [1.29, 1.82) is 0 Å². The van der Waals surface area contributed by atoms with E-state index < -0.39 is 0 Å². The zero-order valence-electron chi connectivity index (χ0n) is 43.3. The first-order chi connectivity index (χ1) is 35.6. The summed E-state index contributed by atoms with van der Waals surface area (Å²) < 4.78 is 23.3. The van der Waals surface area contributed by atoms with Gasteiger partial charge in [-0.05, 0) is 92.1 Å². The molecule has 0 atom stereocenters. The van der Waals surface area contributed by atoms with Gasteiger partial charge in [-0.15, -0.1) is 15.3 Å². The second kappa shape index (κ2) is 30.4. The minimum atomic E-state index is 0.298. The molecule has 15 nitrogen and oxygen atoms in total. The Morgan fingerprint density at radius 3 is 0.792 bits per heavy atom. The van der Waals surface area contributed by atoms with Crippen LogP contribution in [0.25, 0.3) is 51.6 Å². The lowest BCUT2D eigenvalue weighted by atomic mass is 10.1. The van der Waals surface area contributed by atoms with Gasteiger partial charge >= 0.3 is 0 Å². The van der Waals surface area contributed by atoms with Crippen LogP contribution in [-0.2, 0) is 0 Å². The average Bonchev–Trinajstić information content (AvgIpc) is 4.24. The SMILES string of the molecule is CCCCCCCCCCOc1ccc(-n2cc(-c3nc(-c4cn(-c5ccc(OCCCCCCCCCC)cc5)nn4)nc(-c4cn(-c5ccc(OCCCCCCCCCC)cc5)nn4)n3)nn2)cc1. The van der Waals surface area contributed by atoms with E-state index in [9.17, 15) is 0 Å². The Bertz CT molecular complexity index is 2260. The van der Waals surface area contributed by atoms with Crippen molar-refractivity contribution in [2.45, 2.75) is 175 Å². The molecule has 0 saturated carbocycles. The van der Waals surface area contributed by atoms with Crippen LogP contribution in [-0.4, -0.2) is 79.8 Å². The van der Waals surface area contributed by atoms with Crippen LogP contribution in [0, 0.1) is 0 Å². The summed E-state index contributed by atoms with van der Waals surface area (Å²) in [6.07, 6.45) is 35.7. The molecule has 0 bridgehead atoms. The molecule has 72 heavy (non-hydrogen) atoms. The molecular formula is C57H78N12O3. The number of ether oxygens (including phenoxy) is 3. The highest BCUT2D eigenvalue weighted by Gasteiger charge is 2.19. The highest BCUT2D eigenvalue weighted by atomic mass is 16.5. The lowest BCUT2D eigenvalue weighted by Gasteiger charge is -2.07. The fourth-order valence-corrected chi connectivity index (χ4v) is 8.56. The number of benzene rings is 3. The minimum absolute atomic E-state index is 0.298. The van der Waals surface area contributed by atoms with Gasteiger partial charge in [-0.2, -0.15) is 0 Å². The number of nitrogens with zero attached hydrogens (tertiary/aromatic N) is 12. The molecule has 0 amide bonds. The van der Waals surface area contributed by atoms with Crippen LogP contribution < -0.4 is 14.2 Å². The normalized spacial score (nSPS) is 11.4. The van der Waals surface area contributed by atoms with Gasteiger partial charge in [0.1, 0.15) is 17.2 Å². The van der Waals surface area contributed by atoms with E-state index in [2.05, 4.69) is 51.7 Å². The number of aromatic nitrogens is 12. The quantitative estimate of drug-likeness (QED) is 0.0343. The van der Waals surface area contributed by atoms with E-state index in [1.807, 2.05) is 72.8 Å². The summed E-state index contributed by atoms with van der Waals surface area (Å²) in [5.41, 5.74) is 3.80. The van der Waals surface area contributed by atoms with Gasteiger partial charge in [0.25, 0.3) is 0 Å². The number of rotatable bonds is 36. The van der Waals surface area contributed by atoms with Gasteiger partial charge in [0, 0.05) is 0 Å². The molecule has 384 valence electrons. The van der Waals surface area contributed by atoms with Crippen molar-refractivity contribution in [3.63, 3.8) is 0 Å². The van der Waals surface area contributed by atoms with E-state index in [0.717, 1.165) is 53.6 Å². The van der Waals surface area contributed by atoms with Crippen LogP contribution >= 0.6 is 0 Å². The maximum atomic E-state index is 6.06. The minimum Gasteiger partial charge on any atom is -0.494 e. The predicted octanol–water partition coefficient (Wildman–Crippen LogP) is 14.2. The van der Waals surface area contributed by atoms with Crippen molar-refractivity contribution in [1.82, 2.24) is 59.9 Å². The van der Waals surface area contributed by atoms with Crippen LogP contribution in [0.3, 0.4) is 0 Å². The van der Waals surface area contributed by atoms with Gasteiger partial charge in [-0.3, -0.25) is 0 Å². The van der Waals surface area contributed by atoms with Gasteiger partial charge in [0.15, 0.2) is 34.6 Å². The molecule has 0 fully saturated rings. The van der Waals surface area contributed by atoms with Crippen molar-refractivity contribution in [2.75, 3.05) is 19.8 Å². The molecule has 4 aromatic heterocycles. The average molecular weight is 979 g/mol. The molecule has 0 N–H and O–H groups in total. The predicted molar refractivity (Wildman–Crippen MR) is 285 cm³/mol. The zero-order valence-corrected chi connectivity index (χ0v) is 43.3. The Morgan fingerprint density at radius 2 is 0.542 bits per heavy atom. The van der Waals surface area contributed by atoms with Crippen molar-refractivity contribution >= 4 is 0 Å². The van der Waals surface area contributed by atoms with Crippen molar-refractivity contribution in [2.24, 2.45) is 0 Å². The largest absolute Gasteiger partial charge is 0.494 e. The van der Waals surface area contributed by atoms with Gasteiger partial charge in [-0.25, -0.2) is 29.0 Å². The third-order valence-electron chi connectivity index (χ3n) is 12.9. The van der Waals surface area contributed by atoms with E-state index in [4.69, 9.17) is 29.2 Å². The lowest BCUT2D eigenvalue weighted by molar-refractivity contribution is 0.304. The van der Waals surface area contributed by atoms with Crippen molar-refractivity contribution in [3.05, 3.63) is 91.4 Å². The second-order valence-electron chi connectivity index (χ2n) is 18.9. The Labute approximate surface area is 427 Å². The van der Waals surface area contributed by atoms with Crippen LogP contribution in [0.5, 0.6) is 17.2 Å². The van der Waals surface area contributed by atoms with Gasteiger partial charge in [0.05, 0.1) is 55.5 Å². The van der Waals surface area contributed by atoms with E-state index in [-0.39, 0.29) is 0 Å². The molecular weight excluding hydrogens is 901 g/mol. The van der Waals surface area contributed by atoms with Gasteiger partial charge < -0.3 is 14.2 Å². The zero-order chi connectivity index (χ0) is 49.8. The molecule has 0 aliphatic rings. The molecule has 4 heterocycles. The Morgan fingerprint density at radius 1 is 0.306 bits per heavy atom. The number of hydrogen-bond donors (Lipinski definition) is 0. The van der Waals surface area contributed by atoms with Gasteiger partial charge in [0.2, 0.25) is 0 Å². The standard InChI is InChI=1S/C57H78N12O3/c1-4-7-10-13-16-19-22-25-40-70-49-34-28-46(29-35-49)67-43-52(61-64-67)55-58-56(53-44-68(65-62-53)47-30-36-50(37-31-47)71-41-26-23-20-17-14-11-8-5-2)60-57(59-55)54-45-69(66-63-54)48-32-38-51(39-33-48)72-42-27-24-21-18-15-12-9-6-3/h28-39,43-45H,4-27,40-42H2,1-3H3. The Kier molecular flexibility index (Phi) is 22.5. The first kappa shape index (κ1) is 53.3. The lowest BCUT2D eigenvalue weighted by Crippen LogP contribution is -2.01. The van der Waals surface area contributed by atoms with E-state index in [1.165, 1.54) is 135 Å². The molecule has 0 saturated heterocycles. The monoisotopic (exact) mass is 979 g/mol. The Balaban J connectivity index is 1.02. The van der Waals surface area contributed by atoms with Crippen LogP contribution in [0.15, 0.2) is 91.4 Å². The summed E-state index contributed by atoms with van der Waals surface area (Å²) in [6, 6.07) is 23.6. The number of hydrogen-bond acceptors (Lipinski definition) is 12. The van der Waals surface area contributed by atoms with E-state index >= 15 is 0 Å².